The largest absolute Gasteiger partial charge is 0.0842 e. The second kappa shape index (κ2) is 23.3. The number of hydrogen-bond donors (Lipinski definition) is 0. The van der Waals surface area contributed by atoms with Gasteiger partial charge in [-0.25, -0.2) is 0 Å². The van der Waals surface area contributed by atoms with Crippen molar-refractivity contribution in [2.24, 2.45) is 11.8 Å². The Hall–Kier alpha value is -8.06. The van der Waals surface area contributed by atoms with E-state index in [1.807, 2.05) is 0 Å². The molecular weight excluding hydrogens is 961 g/mol. The van der Waals surface area contributed by atoms with E-state index in [9.17, 15) is 0 Å². The van der Waals surface area contributed by atoms with Crippen molar-refractivity contribution >= 4 is 24.3 Å². The van der Waals surface area contributed by atoms with E-state index < -0.39 is 5.41 Å². The van der Waals surface area contributed by atoms with Crippen LogP contribution in [0.2, 0.25) is 0 Å². The van der Waals surface area contributed by atoms with Gasteiger partial charge in [0.15, 0.2) is 0 Å². The lowest BCUT2D eigenvalue weighted by Crippen LogP contribution is -2.26. The van der Waals surface area contributed by atoms with Crippen LogP contribution in [0.15, 0.2) is 275 Å². The standard InChI is InChI=1S/C80H74/c1-2-3-11-40-68(61-26-12-4-13-27-61)49-57-41-45-69-70-46-42-58(50-73(62-28-14-5-15-29-62)63-30-16-6-17-31-63)54-77(70)80(76(69)53-57)78-55-59(51-74(64-32-18-7-19-33-64)65-34-20-8-21-35-65)43-47-71(78)72-48-44-60(56-79(72)80)52-75(66-36-22-9-23-37-66)67-38-24-10-25-39-67/h4-9,11-12,14-16,18-20,22,24,26,28,30,32,34,36,38-56,62,64H,2-3,10,13,17,21,23,25,27,29,31,33,35,37H2,1H3. The molecular formula is C80H74. The number of allylic oxidation sites excluding steroid dienone is 34. The average Bonchev–Trinajstić information content (AvgIpc) is 3.82. The van der Waals surface area contributed by atoms with Crippen LogP contribution in [0.5, 0.6) is 0 Å². The van der Waals surface area contributed by atoms with Crippen LogP contribution in [-0.4, -0.2) is 0 Å². The molecule has 4 aromatic carbocycles. The van der Waals surface area contributed by atoms with Crippen molar-refractivity contribution < 1.29 is 0 Å². The number of rotatable bonds is 14. The molecule has 13 rings (SSSR count). The molecule has 0 heteroatoms. The van der Waals surface area contributed by atoms with Crippen molar-refractivity contribution in [3.63, 3.8) is 0 Å². The second-order valence-electron chi connectivity index (χ2n) is 23.1. The van der Waals surface area contributed by atoms with E-state index in [-0.39, 0.29) is 0 Å². The highest BCUT2D eigenvalue weighted by molar-refractivity contribution is 5.97. The van der Waals surface area contributed by atoms with Gasteiger partial charge in [0.1, 0.15) is 0 Å². The molecule has 0 aromatic heterocycles. The molecule has 394 valence electrons. The van der Waals surface area contributed by atoms with Gasteiger partial charge in [0.05, 0.1) is 5.41 Å². The zero-order valence-electron chi connectivity index (χ0n) is 46.7. The van der Waals surface area contributed by atoms with E-state index in [0.29, 0.717) is 11.8 Å². The summed E-state index contributed by atoms with van der Waals surface area (Å²) in [6, 6.07) is 30.0. The lowest BCUT2D eigenvalue weighted by molar-refractivity contribution is 0.761. The molecule has 3 unspecified atom stereocenters. The lowest BCUT2D eigenvalue weighted by atomic mass is 9.69. The zero-order valence-corrected chi connectivity index (χ0v) is 46.7. The SMILES string of the molecule is CCCC=CC(=Cc1ccc2c(c1)C1(c3cc(C=C(C4=CCCC=C4)C4=CC=CCC4)ccc3-c3ccc(C=C(C4=CC=CCC4)C4C=CC=CC4)cc31)c1cc(C=C(C3=CC=CCC3)C3C=CC=CC3)ccc1-2)C1=CC=CCC1. The van der Waals surface area contributed by atoms with Gasteiger partial charge in [-0.1, -0.05) is 226 Å². The Morgan fingerprint density at radius 2 is 0.912 bits per heavy atom. The highest BCUT2D eigenvalue weighted by Crippen LogP contribution is 2.64. The van der Waals surface area contributed by atoms with Crippen molar-refractivity contribution in [1.29, 1.82) is 0 Å². The first-order valence-corrected chi connectivity index (χ1v) is 30.2. The maximum Gasteiger partial charge on any atom is 0.0726 e. The Morgan fingerprint density at radius 1 is 0.450 bits per heavy atom. The molecule has 0 aliphatic heterocycles. The number of unbranched alkanes of at least 4 members (excludes halogenated alkanes) is 1. The molecule has 0 heterocycles. The zero-order chi connectivity index (χ0) is 53.7. The van der Waals surface area contributed by atoms with Crippen LogP contribution in [0.1, 0.15) is 141 Å². The van der Waals surface area contributed by atoms with Crippen LogP contribution in [0.3, 0.4) is 0 Å². The Balaban J connectivity index is 1.08. The minimum absolute atomic E-state index is 0.329. The third kappa shape index (κ3) is 10.2. The minimum atomic E-state index is -0.611. The second-order valence-corrected chi connectivity index (χ2v) is 23.1. The first-order chi connectivity index (χ1) is 39.6. The molecule has 0 radical (unpaired) electrons. The van der Waals surface area contributed by atoms with E-state index in [2.05, 4.69) is 256 Å². The molecule has 1 spiro atoms. The van der Waals surface area contributed by atoms with E-state index >= 15 is 0 Å². The van der Waals surface area contributed by atoms with Gasteiger partial charge < -0.3 is 0 Å². The molecule has 0 saturated heterocycles. The quantitative estimate of drug-likeness (QED) is 0.0954. The van der Waals surface area contributed by atoms with Crippen LogP contribution < -0.4 is 0 Å². The topological polar surface area (TPSA) is 0 Å². The van der Waals surface area contributed by atoms with E-state index in [1.165, 1.54) is 117 Å². The Kier molecular flexibility index (Phi) is 15.0. The molecule has 9 aliphatic carbocycles. The van der Waals surface area contributed by atoms with Gasteiger partial charge in [-0.15, -0.1) is 0 Å². The summed E-state index contributed by atoms with van der Waals surface area (Å²) in [5, 5.41) is 0. The summed E-state index contributed by atoms with van der Waals surface area (Å²) >= 11 is 0. The van der Waals surface area contributed by atoms with E-state index in [1.54, 1.807) is 0 Å². The van der Waals surface area contributed by atoms with Gasteiger partial charge >= 0.3 is 0 Å². The van der Waals surface area contributed by atoms with Crippen molar-refractivity contribution in [2.75, 3.05) is 0 Å². The first kappa shape index (κ1) is 51.4. The van der Waals surface area contributed by atoms with Gasteiger partial charge in [-0.3, -0.25) is 0 Å². The Labute approximate surface area is 477 Å². The van der Waals surface area contributed by atoms with Crippen LogP contribution in [0, 0.1) is 11.8 Å². The summed E-state index contributed by atoms with van der Waals surface area (Å²) in [5.41, 5.74) is 27.8. The van der Waals surface area contributed by atoms with E-state index in [0.717, 1.165) is 89.9 Å². The fourth-order valence-electron chi connectivity index (χ4n) is 14.0. The molecule has 80 heavy (non-hydrogen) atoms. The van der Waals surface area contributed by atoms with Gasteiger partial charge in [0, 0.05) is 11.8 Å². The minimum Gasteiger partial charge on any atom is -0.0842 e. The average molecular weight is 1040 g/mol. The summed E-state index contributed by atoms with van der Waals surface area (Å²) in [7, 11) is 0. The molecule has 0 nitrogen and oxygen atoms in total. The monoisotopic (exact) mass is 1030 g/mol. The predicted octanol–water partition coefficient (Wildman–Crippen LogP) is 21.6. The van der Waals surface area contributed by atoms with Crippen LogP contribution in [0.4, 0.5) is 0 Å². The van der Waals surface area contributed by atoms with Gasteiger partial charge in [0.2, 0.25) is 0 Å². The highest BCUT2D eigenvalue weighted by atomic mass is 14.5. The first-order valence-electron chi connectivity index (χ1n) is 30.2. The lowest BCUT2D eigenvalue weighted by Gasteiger charge is -2.31. The van der Waals surface area contributed by atoms with Crippen LogP contribution in [0.25, 0.3) is 46.6 Å². The highest BCUT2D eigenvalue weighted by Gasteiger charge is 2.52. The fraction of sp³-hybridized carbons (Fsp3) is 0.225. The smallest absolute Gasteiger partial charge is 0.0726 e. The van der Waals surface area contributed by atoms with Crippen LogP contribution >= 0.6 is 0 Å². The molecule has 0 saturated carbocycles. The number of benzene rings is 4. The summed E-state index contributed by atoms with van der Waals surface area (Å²) in [6.07, 6.45) is 83.2. The maximum atomic E-state index is 2.61. The van der Waals surface area contributed by atoms with Crippen LogP contribution in [-0.2, 0) is 5.41 Å². The molecule has 4 aromatic rings. The Morgan fingerprint density at radius 3 is 1.34 bits per heavy atom. The third-order valence-electron chi connectivity index (χ3n) is 18.0. The summed E-state index contributed by atoms with van der Waals surface area (Å²) in [6.45, 7) is 2.27. The summed E-state index contributed by atoms with van der Waals surface area (Å²) in [5.74, 6) is 0.657. The number of hydrogen-bond acceptors (Lipinski definition) is 0. The summed E-state index contributed by atoms with van der Waals surface area (Å²) < 4.78 is 0. The maximum absolute atomic E-state index is 2.61. The van der Waals surface area contributed by atoms with Gasteiger partial charge in [-0.2, -0.15) is 0 Å². The molecule has 0 bridgehead atoms. The Bertz CT molecular complexity index is 3670. The number of fused-ring (bicyclic) bond motifs is 10. The normalized spacial score (nSPS) is 22.8. The van der Waals surface area contributed by atoms with Crippen molar-refractivity contribution in [2.45, 2.75) is 102 Å². The van der Waals surface area contributed by atoms with Crippen molar-refractivity contribution in [3.8, 4) is 22.3 Å². The van der Waals surface area contributed by atoms with Gasteiger partial charge in [0.25, 0.3) is 0 Å². The third-order valence-corrected chi connectivity index (χ3v) is 18.0. The predicted molar refractivity (Wildman–Crippen MR) is 344 cm³/mol. The fourth-order valence-corrected chi connectivity index (χ4v) is 14.0. The van der Waals surface area contributed by atoms with Crippen molar-refractivity contribution in [1.82, 2.24) is 0 Å². The van der Waals surface area contributed by atoms with E-state index in [4.69, 9.17) is 0 Å². The molecule has 0 N–H and O–H groups in total. The molecule has 0 amide bonds. The van der Waals surface area contributed by atoms with Crippen molar-refractivity contribution in [3.05, 3.63) is 319 Å². The summed E-state index contributed by atoms with van der Waals surface area (Å²) in [4.78, 5) is 0. The molecule has 9 aliphatic rings. The molecule has 3 atom stereocenters. The molecule has 0 fully saturated rings. The van der Waals surface area contributed by atoms with Gasteiger partial charge in [-0.05, 0) is 237 Å².